The Balaban J connectivity index is 1.70. The van der Waals surface area contributed by atoms with Crippen molar-refractivity contribution in [1.82, 2.24) is 0 Å². The Bertz CT molecular complexity index is 1250. The Labute approximate surface area is 236 Å². The molecule has 0 radical (unpaired) electrons. The first-order chi connectivity index (χ1) is 18.9. The van der Waals surface area contributed by atoms with Crippen molar-refractivity contribution in [3.05, 3.63) is 95.0 Å². The summed E-state index contributed by atoms with van der Waals surface area (Å²) in [5.41, 5.74) is 8.12. The van der Waals surface area contributed by atoms with Gasteiger partial charge in [0.1, 0.15) is 12.4 Å². The molecule has 0 spiro atoms. The molecule has 0 bridgehead atoms. The quantitative estimate of drug-likeness (QED) is 0.147. The topological polar surface area (TPSA) is 132 Å². The van der Waals surface area contributed by atoms with Crippen LogP contribution in [0.2, 0.25) is 0 Å². The molecule has 206 valence electrons. The summed E-state index contributed by atoms with van der Waals surface area (Å²) in [6.07, 6.45) is 2.11. The predicted octanol–water partition coefficient (Wildman–Crippen LogP) is 5.68. The molecule has 0 heterocycles. The number of methoxy groups -OCH3 is 1. The van der Waals surface area contributed by atoms with Crippen molar-refractivity contribution >= 4 is 45.0 Å². The largest absolute Gasteiger partial charge is 0.491 e. The average molecular weight is 598 g/mol. The van der Waals surface area contributed by atoms with E-state index in [-0.39, 0.29) is 19.1 Å². The molecule has 0 aliphatic heterocycles. The molecule has 0 aromatic heterocycles. The summed E-state index contributed by atoms with van der Waals surface area (Å²) in [7, 11) is 1.54. The van der Waals surface area contributed by atoms with E-state index in [1.807, 2.05) is 18.2 Å². The van der Waals surface area contributed by atoms with Crippen molar-refractivity contribution in [1.29, 1.82) is 0 Å². The maximum atomic E-state index is 12.8. The Morgan fingerprint density at radius 1 is 1.05 bits per heavy atom. The monoisotopic (exact) mass is 597 g/mol. The number of hydrogen-bond acceptors (Lipinski definition) is 7. The number of rotatable bonds is 13. The highest BCUT2D eigenvalue weighted by molar-refractivity contribution is 9.10. The second-order valence-electron chi connectivity index (χ2n) is 8.43. The second kappa shape index (κ2) is 15.5. The summed E-state index contributed by atoms with van der Waals surface area (Å²) in [6.45, 7) is 0.00541. The fraction of sp³-hybridized carbons (Fsp3) is 0.241. The smallest absolute Gasteiger partial charge is 0.412 e. The van der Waals surface area contributed by atoms with E-state index in [1.54, 1.807) is 60.7 Å². The van der Waals surface area contributed by atoms with Gasteiger partial charge in [0.25, 0.3) is 0 Å². The van der Waals surface area contributed by atoms with Crippen LogP contribution < -0.4 is 21.1 Å². The van der Waals surface area contributed by atoms with Crippen LogP contribution in [0, 0.1) is 0 Å². The minimum absolute atomic E-state index is 0.128. The van der Waals surface area contributed by atoms with Gasteiger partial charge in [-0.15, -0.1) is 0 Å². The molecular weight excluding hydrogens is 566 g/mol. The number of ether oxygens (including phenoxy) is 3. The Kier molecular flexibility index (Phi) is 11.8. The number of carbonyl (C=O) groups is 2. The second-order valence-corrected chi connectivity index (χ2v) is 9.35. The summed E-state index contributed by atoms with van der Waals surface area (Å²) < 4.78 is 18.0. The van der Waals surface area contributed by atoms with Gasteiger partial charge in [-0.05, 0) is 73.0 Å². The summed E-state index contributed by atoms with van der Waals surface area (Å²) >= 11 is 3.37. The highest BCUT2D eigenvalue weighted by Crippen LogP contribution is 2.30. The molecule has 0 saturated heterocycles. The van der Waals surface area contributed by atoms with E-state index in [4.69, 9.17) is 25.1 Å². The molecule has 5 N–H and O–H groups in total. The number of benzene rings is 3. The van der Waals surface area contributed by atoms with Crippen LogP contribution in [0.4, 0.5) is 21.9 Å². The first-order valence-corrected chi connectivity index (χ1v) is 13.1. The van der Waals surface area contributed by atoms with Crippen LogP contribution in [0.15, 0.2) is 89.4 Å². The van der Waals surface area contributed by atoms with Gasteiger partial charge in [0, 0.05) is 17.3 Å². The third-order valence-electron chi connectivity index (χ3n) is 5.62. The van der Waals surface area contributed by atoms with Gasteiger partial charge in [-0.2, -0.15) is 0 Å². The molecule has 2 atom stereocenters. The first kappa shape index (κ1) is 29.7. The SMILES string of the molecule is CO[C@H](CC/C=C/C(=O)Nc1ccccc1N)[C@H](OC(=O)Nc1ccc(Br)cc1)c1cccc(OCCO)c1. The Morgan fingerprint density at radius 3 is 2.54 bits per heavy atom. The number of allylic oxidation sites excluding steroid dienone is 1. The molecule has 2 amide bonds. The molecule has 39 heavy (non-hydrogen) atoms. The van der Waals surface area contributed by atoms with Gasteiger partial charge in [-0.1, -0.05) is 46.3 Å². The lowest BCUT2D eigenvalue weighted by Crippen LogP contribution is -2.28. The average Bonchev–Trinajstić information content (AvgIpc) is 2.93. The van der Waals surface area contributed by atoms with Crippen LogP contribution in [0.25, 0.3) is 0 Å². The number of amides is 2. The minimum Gasteiger partial charge on any atom is -0.491 e. The number of nitrogen functional groups attached to an aromatic ring is 1. The summed E-state index contributed by atoms with van der Waals surface area (Å²) in [5.74, 6) is 0.215. The normalized spacial score (nSPS) is 12.5. The van der Waals surface area contributed by atoms with Gasteiger partial charge < -0.3 is 30.4 Å². The van der Waals surface area contributed by atoms with E-state index in [9.17, 15) is 9.59 Å². The molecule has 0 fully saturated rings. The highest BCUT2D eigenvalue weighted by Gasteiger charge is 2.27. The van der Waals surface area contributed by atoms with E-state index >= 15 is 0 Å². The van der Waals surface area contributed by atoms with Crippen LogP contribution in [-0.4, -0.2) is 43.5 Å². The van der Waals surface area contributed by atoms with Crippen molar-refractivity contribution < 1.29 is 28.9 Å². The molecule has 0 aliphatic carbocycles. The molecule has 3 aromatic rings. The number of nitrogens with one attached hydrogen (secondary N) is 2. The van der Waals surface area contributed by atoms with Gasteiger partial charge in [-0.25, -0.2) is 4.79 Å². The maximum absolute atomic E-state index is 12.8. The van der Waals surface area contributed by atoms with Crippen molar-refractivity contribution in [3.8, 4) is 5.75 Å². The van der Waals surface area contributed by atoms with Crippen LogP contribution in [0.3, 0.4) is 0 Å². The maximum Gasteiger partial charge on any atom is 0.412 e. The molecule has 0 saturated carbocycles. The molecule has 3 aromatic carbocycles. The van der Waals surface area contributed by atoms with Crippen molar-refractivity contribution in [2.75, 3.05) is 36.7 Å². The van der Waals surface area contributed by atoms with E-state index in [0.29, 0.717) is 41.2 Å². The van der Waals surface area contributed by atoms with Crippen molar-refractivity contribution in [3.63, 3.8) is 0 Å². The van der Waals surface area contributed by atoms with Gasteiger partial charge in [0.05, 0.1) is 24.1 Å². The molecule has 0 aliphatic rings. The third kappa shape index (κ3) is 9.75. The molecule has 0 unspecified atom stereocenters. The summed E-state index contributed by atoms with van der Waals surface area (Å²) in [4.78, 5) is 25.1. The number of anilines is 3. The Morgan fingerprint density at radius 2 is 1.82 bits per heavy atom. The van der Waals surface area contributed by atoms with Crippen LogP contribution in [0.1, 0.15) is 24.5 Å². The molecule has 9 nitrogen and oxygen atoms in total. The van der Waals surface area contributed by atoms with Gasteiger partial charge >= 0.3 is 6.09 Å². The number of carbonyl (C=O) groups excluding carboxylic acids is 2. The van der Waals surface area contributed by atoms with Crippen molar-refractivity contribution in [2.45, 2.75) is 25.0 Å². The number of aliphatic hydroxyl groups excluding tert-OH is 1. The fourth-order valence-electron chi connectivity index (χ4n) is 3.73. The minimum atomic E-state index is -0.783. The van der Waals surface area contributed by atoms with Gasteiger partial charge in [-0.3, -0.25) is 10.1 Å². The van der Waals surface area contributed by atoms with E-state index in [1.165, 1.54) is 13.2 Å². The van der Waals surface area contributed by atoms with Crippen LogP contribution in [0.5, 0.6) is 5.75 Å². The molecular formula is C29H32BrN3O6. The number of aliphatic hydroxyl groups is 1. The fourth-order valence-corrected chi connectivity index (χ4v) is 3.99. The summed E-state index contributed by atoms with van der Waals surface area (Å²) in [5, 5.41) is 14.6. The lowest BCUT2D eigenvalue weighted by molar-refractivity contribution is -0.111. The zero-order chi connectivity index (χ0) is 28.0. The zero-order valence-corrected chi connectivity index (χ0v) is 23.1. The van der Waals surface area contributed by atoms with Crippen molar-refractivity contribution in [2.24, 2.45) is 0 Å². The van der Waals surface area contributed by atoms with Crippen LogP contribution >= 0.6 is 15.9 Å². The van der Waals surface area contributed by atoms with E-state index < -0.39 is 18.3 Å². The zero-order valence-electron chi connectivity index (χ0n) is 21.5. The number of halogens is 1. The Hall–Kier alpha value is -3.86. The van der Waals surface area contributed by atoms with E-state index in [0.717, 1.165) is 4.47 Å². The van der Waals surface area contributed by atoms with Crippen LogP contribution in [-0.2, 0) is 14.3 Å². The first-order valence-electron chi connectivity index (χ1n) is 12.3. The molecule has 3 rings (SSSR count). The summed E-state index contributed by atoms with van der Waals surface area (Å²) in [6, 6.07) is 21.2. The third-order valence-corrected chi connectivity index (χ3v) is 6.15. The van der Waals surface area contributed by atoms with Gasteiger partial charge in [0.15, 0.2) is 6.10 Å². The lowest BCUT2D eigenvalue weighted by Gasteiger charge is -2.26. The lowest BCUT2D eigenvalue weighted by atomic mass is 10.00. The molecule has 10 heteroatoms. The number of nitrogens with two attached hydrogens (primary N) is 1. The van der Waals surface area contributed by atoms with Gasteiger partial charge in [0.2, 0.25) is 5.91 Å². The number of para-hydroxylation sites is 2. The predicted molar refractivity (Wildman–Crippen MR) is 155 cm³/mol. The highest BCUT2D eigenvalue weighted by atomic mass is 79.9. The number of hydrogen-bond donors (Lipinski definition) is 4. The van der Waals surface area contributed by atoms with E-state index in [2.05, 4.69) is 26.6 Å². The standard InChI is InChI=1S/C29H32BrN3O6/c1-37-26(11-4-5-12-27(35)33-25-10-3-2-9-24(25)31)28(20-7-6-8-23(19-20)38-18-17-34)39-29(36)32-22-15-13-21(30)14-16-22/h2-3,5-10,12-16,19,26,28,34H,4,11,17-18,31H2,1H3,(H,32,36)(H,33,35)/b12-5+/t26-,28-/m1/s1.